The van der Waals surface area contributed by atoms with Crippen molar-refractivity contribution in [3.8, 4) is 11.5 Å². The first-order valence-corrected chi connectivity index (χ1v) is 7.56. The van der Waals surface area contributed by atoms with Crippen molar-refractivity contribution in [2.75, 3.05) is 33.4 Å². The smallest absolute Gasteiger partial charge is 0.161 e. The Balaban J connectivity index is 2.06. The first kappa shape index (κ1) is 15.1. The highest BCUT2D eigenvalue weighted by Crippen LogP contribution is 2.33. The Morgan fingerprint density at radius 1 is 1.20 bits per heavy atom. The van der Waals surface area contributed by atoms with E-state index in [0.29, 0.717) is 19.8 Å². The molecule has 0 bridgehead atoms. The summed E-state index contributed by atoms with van der Waals surface area (Å²) in [6, 6.07) is 6.40. The van der Waals surface area contributed by atoms with Crippen molar-refractivity contribution in [3.63, 3.8) is 0 Å². The molecular weight excluding hydrogens is 252 g/mol. The fraction of sp³-hybridized carbons (Fsp3) is 0.625. The number of hydrogen-bond acceptors (Lipinski definition) is 4. The molecule has 1 aromatic carbocycles. The van der Waals surface area contributed by atoms with Crippen LogP contribution in [0.4, 0.5) is 0 Å². The van der Waals surface area contributed by atoms with Gasteiger partial charge in [0.1, 0.15) is 13.2 Å². The predicted octanol–water partition coefficient (Wildman–Crippen LogP) is 2.58. The number of unbranched alkanes of at least 4 members (excludes halogenated alkanes) is 2. The normalized spacial score (nSPS) is 15.4. The fourth-order valence-electron chi connectivity index (χ4n) is 2.60. The topological polar surface area (TPSA) is 47.7 Å². The quantitative estimate of drug-likeness (QED) is 0.779. The van der Waals surface area contributed by atoms with Gasteiger partial charge in [0.15, 0.2) is 11.5 Å². The van der Waals surface area contributed by atoms with E-state index in [-0.39, 0.29) is 6.04 Å². The molecular formula is C16H26N2O2. The van der Waals surface area contributed by atoms with Crippen LogP contribution in [-0.4, -0.2) is 38.3 Å². The average Bonchev–Trinajstić information content (AvgIpc) is 2.48. The van der Waals surface area contributed by atoms with Gasteiger partial charge in [-0.2, -0.15) is 0 Å². The molecule has 2 rings (SSSR count). The minimum atomic E-state index is 0.239. The van der Waals surface area contributed by atoms with Crippen LogP contribution in [0.25, 0.3) is 0 Å². The van der Waals surface area contributed by atoms with Crippen LogP contribution in [0.15, 0.2) is 18.2 Å². The van der Waals surface area contributed by atoms with Crippen molar-refractivity contribution in [2.45, 2.75) is 32.2 Å². The zero-order chi connectivity index (χ0) is 14.4. The van der Waals surface area contributed by atoms with E-state index in [1.54, 1.807) is 0 Å². The first-order valence-electron chi connectivity index (χ1n) is 7.56. The highest BCUT2D eigenvalue weighted by Gasteiger charge is 2.19. The molecule has 1 aliphatic heterocycles. The summed E-state index contributed by atoms with van der Waals surface area (Å²) in [5.41, 5.74) is 7.18. The van der Waals surface area contributed by atoms with E-state index in [0.717, 1.165) is 18.0 Å². The van der Waals surface area contributed by atoms with E-state index in [1.165, 1.54) is 24.8 Å². The van der Waals surface area contributed by atoms with Gasteiger partial charge < -0.3 is 15.2 Å². The van der Waals surface area contributed by atoms with E-state index in [1.807, 2.05) is 6.07 Å². The standard InChI is InChI=1S/C16H26N2O2/c1-3-4-5-8-18(2)14(12-17)13-6-7-15-16(11-13)20-10-9-19-15/h6-7,11,14H,3-5,8-10,12,17H2,1-2H3. The van der Waals surface area contributed by atoms with Gasteiger partial charge >= 0.3 is 0 Å². The average molecular weight is 278 g/mol. The molecule has 0 fully saturated rings. The maximum atomic E-state index is 5.97. The van der Waals surface area contributed by atoms with E-state index in [9.17, 15) is 0 Å². The van der Waals surface area contributed by atoms with Crippen LogP contribution in [0.1, 0.15) is 37.8 Å². The number of hydrogen-bond donors (Lipinski definition) is 1. The lowest BCUT2D eigenvalue weighted by atomic mass is 10.0. The van der Waals surface area contributed by atoms with Gasteiger partial charge in [-0.15, -0.1) is 0 Å². The maximum absolute atomic E-state index is 5.97. The van der Waals surface area contributed by atoms with Crippen molar-refractivity contribution < 1.29 is 9.47 Å². The van der Waals surface area contributed by atoms with Crippen molar-refractivity contribution in [1.29, 1.82) is 0 Å². The van der Waals surface area contributed by atoms with Crippen molar-refractivity contribution >= 4 is 0 Å². The lowest BCUT2D eigenvalue weighted by Crippen LogP contribution is -2.31. The molecule has 1 aliphatic rings. The highest BCUT2D eigenvalue weighted by molar-refractivity contribution is 5.44. The Morgan fingerprint density at radius 3 is 2.65 bits per heavy atom. The Hall–Kier alpha value is -1.26. The van der Waals surface area contributed by atoms with Crippen molar-refractivity contribution in [2.24, 2.45) is 5.73 Å². The molecule has 4 heteroatoms. The van der Waals surface area contributed by atoms with Crippen LogP contribution < -0.4 is 15.2 Å². The summed E-state index contributed by atoms with van der Waals surface area (Å²) >= 11 is 0. The van der Waals surface area contributed by atoms with Gasteiger partial charge in [0, 0.05) is 12.6 Å². The molecule has 0 amide bonds. The SMILES string of the molecule is CCCCCN(C)C(CN)c1ccc2c(c1)OCCO2. The third-order valence-electron chi connectivity index (χ3n) is 3.82. The van der Waals surface area contributed by atoms with Gasteiger partial charge in [-0.05, 0) is 37.7 Å². The monoisotopic (exact) mass is 278 g/mol. The Morgan fingerprint density at radius 2 is 1.95 bits per heavy atom. The van der Waals surface area contributed by atoms with E-state index in [4.69, 9.17) is 15.2 Å². The molecule has 20 heavy (non-hydrogen) atoms. The second-order valence-corrected chi connectivity index (χ2v) is 5.34. The van der Waals surface area contributed by atoms with Gasteiger partial charge in [-0.1, -0.05) is 25.8 Å². The van der Waals surface area contributed by atoms with Crippen LogP contribution in [0, 0.1) is 0 Å². The van der Waals surface area contributed by atoms with Crippen LogP contribution in [-0.2, 0) is 0 Å². The van der Waals surface area contributed by atoms with Gasteiger partial charge in [0.25, 0.3) is 0 Å². The third kappa shape index (κ3) is 3.64. The first-order chi connectivity index (χ1) is 9.76. The number of nitrogens with zero attached hydrogens (tertiary/aromatic N) is 1. The van der Waals surface area contributed by atoms with Crippen LogP contribution >= 0.6 is 0 Å². The lowest BCUT2D eigenvalue weighted by Gasteiger charge is -2.28. The predicted molar refractivity (Wildman–Crippen MR) is 81.4 cm³/mol. The molecule has 112 valence electrons. The number of nitrogens with two attached hydrogens (primary N) is 1. The molecule has 0 saturated carbocycles. The number of rotatable bonds is 7. The summed E-state index contributed by atoms with van der Waals surface area (Å²) in [5.74, 6) is 1.68. The third-order valence-corrected chi connectivity index (χ3v) is 3.82. The number of ether oxygens (including phenoxy) is 2. The minimum absolute atomic E-state index is 0.239. The summed E-state index contributed by atoms with van der Waals surface area (Å²) in [5, 5.41) is 0. The molecule has 1 unspecified atom stereocenters. The Labute approximate surface area is 121 Å². The molecule has 0 radical (unpaired) electrons. The highest BCUT2D eigenvalue weighted by atomic mass is 16.6. The minimum Gasteiger partial charge on any atom is -0.486 e. The molecule has 1 aromatic rings. The molecule has 0 saturated heterocycles. The van der Waals surface area contributed by atoms with Gasteiger partial charge in [-0.25, -0.2) is 0 Å². The summed E-state index contributed by atoms with van der Waals surface area (Å²) in [7, 11) is 2.14. The molecule has 4 nitrogen and oxygen atoms in total. The summed E-state index contributed by atoms with van der Waals surface area (Å²) in [4.78, 5) is 2.33. The molecule has 2 N–H and O–H groups in total. The van der Waals surface area contributed by atoms with E-state index >= 15 is 0 Å². The van der Waals surface area contributed by atoms with Crippen LogP contribution in [0.5, 0.6) is 11.5 Å². The zero-order valence-electron chi connectivity index (χ0n) is 12.6. The molecule has 0 aromatic heterocycles. The van der Waals surface area contributed by atoms with E-state index < -0.39 is 0 Å². The molecule has 0 spiro atoms. The summed E-state index contributed by atoms with van der Waals surface area (Å²) in [6.07, 6.45) is 3.72. The molecule has 0 aliphatic carbocycles. The summed E-state index contributed by atoms with van der Waals surface area (Å²) < 4.78 is 11.2. The van der Waals surface area contributed by atoms with Crippen molar-refractivity contribution in [3.05, 3.63) is 23.8 Å². The zero-order valence-corrected chi connectivity index (χ0v) is 12.6. The van der Waals surface area contributed by atoms with Crippen molar-refractivity contribution in [1.82, 2.24) is 4.90 Å². The maximum Gasteiger partial charge on any atom is 0.161 e. The van der Waals surface area contributed by atoms with Gasteiger partial charge in [0.05, 0.1) is 0 Å². The summed E-state index contributed by atoms with van der Waals surface area (Å²) in [6.45, 7) is 5.16. The van der Waals surface area contributed by atoms with Gasteiger partial charge in [0.2, 0.25) is 0 Å². The number of benzene rings is 1. The number of fused-ring (bicyclic) bond motifs is 1. The lowest BCUT2D eigenvalue weighted by molar-refractivity contribution is 0.170. The molecule has 1 heterocycles. The number of likely N-dealkylation sites (N-methyl/N-ethyl adjacent to an activating group) is 1. The Kier molecular flexibility index (Phi) is 5.68. The second-order valence-electron chi connectivity index (χ2n) is 5.34. The van der Waals surface area contributed by atoms with E-state index in [2.05, 4.69) is 31.0 Å². The Bertz CT molecular complexity index is 423. The van der Waals surface area contributed by atoms with Crippen LogP contribution in [0.3, 0.4) is 0 Å². The second kappa shape index (κ2) is 7.50. The fourth-order valence-corrected chi connectivity index (χ4v) is 2.60. The van der Waals surface area contributed by atoms with Crippen LogP contribution in [0.2, 0.25) is 0 Å². The largest absolute Gasteiger partial charge is 0.486 e. The van der Waals surface area contributed by atoms with Gasteiger partial charge in [-0.3, -0.25) is 4.90 Å². The molecule has 1 atom stereocenters.